The van der Waals surface area contributed by atoms with Crippen molar-refractivity contribution in [2.45, 2.75) is 45.1 Å². The maximum absolute atomic E-state index is 13.1. The third kappa shape index (κ3) is 3.67. The lowest BCUT2D eigenvalue weighted by Crippen LogP contribution is -2.45. The molecule has 1 aromatic carbocycles. The molecule has 130 valence electrons. The summed E-state index contributed by atoms with van der Waals surface area (Å²) in [4.78, 5) is 14.8. The number of anilines is 1. The van der Waals surface area contributed by atoms with Gasteiger partial charge in [0, 0.05) is 22.0 Å². The molecule has 1 aliphatic heterocycles. The number of hydrogen-bond acceptors (Lipinski definition) is 3. The summed E-state index contributed by atoms with van der Waals surface area (Å²) >= 11 is 6.24. The number of benzene rings is 1. The van der Waals surface area contributed by atoms with E-state index in [0.717, 1.165) is 37.7 Å². The molecule has 1 atom stereocenters. The molecule has 0 saturated heterocycles. The van der Waals surface area contributed by atoms with Crippen LogP contribution in [0, 0.1) is 12.8 Å². The summed E-state index contributed by atoms with van der Waals surface area (Å²) in [5, 5.41) is 1.80. The summed E-state index contributed by atoms with van der Waals surface area (Å²) < 4.78 is 23.7. The number of aryl methyl sites for hydroxylation is 1. The second kappa shape index (κ2) is 6.89. The normalized spacial score (nSPS) is 23.3. The van der Waals surface area contributed by atoms with Gasteiger partial charge in [0.1, 0.15) is 0 Å². The van der Waals surface area contributed by atoms with E-state index in [0.29, 0.717) is 10.7 Å². The maximum Gasteiger partial charge on any atom is 0.230 e. The minimum absolute atomic E-state index is 0.0152. The zero-order chi connectivity index (χ0) is 17.3. The fraction of sp³-hybridized carbons (Fsp3) is 0.500. The molecule has 0 N–H and O–H groups in total. The topological polar surface area (TPSA) is 54.5 Å². The van der Waals surface area contributed by atoms with Crippen molar-refractivity contribution < 1.29 is 13.2 Å². The number of amides is 1. The molecule has 1 heterocycles. The molecule has 0 radical (unpaired) electrons. The molecule has 1 saturated carbocycles. The Balaban J connectivity index is 1.95. The smallest absolute Gasteiger partial charge is 0.230 e. The highest BCUT2D eigenvalue weighted by Crippen LogP contribution is 2.32. The molecule has 24 heavy (non-hydrogen) atoms. The van der Waals surface area contributed by atoms with Crippen molar-refractivity contribution in [3.63, 3.8) is 0 Å². The van der Waals surface area contributed by atoms with Gasteiger partial charge >= 0.3 is 0 Å². The molecule has 0 spiro atoms. The molecule has 1 aromatic rings. The number of nitrogens with zero attached hydrogens (tertiary/aromatic N) is 1. The van der Waals surface area contributed by atoms with Gasteiger partial charge in [-0.2, -0.15) is 0 Å². The highest BCUT2D eigenvalue weighted by molar-refractivity contribution is 7.94. The average Bonchev–Trinajstić information content (AvgIpc) is 2.91. The van der Waals surface area contributed by atoms with Gasteiger partial charge in [-0.1, -0.05) is 36.9 Å². The van der Waals surface area contributed by atoms with Gasteiger partial charge in [-0.15, -0.1) is 0 Å². The van der Waals surface area contributed by atoms with Gasteiger partial charge in [-0.25, -0.2) is 8.42 Å². The summed E-state index contributed by atoms with van der Waals surface area (Å²) in [6.07, 6.45) is 6.63. The van der Waals surface area contributed by atoms with Gasteiger partial charge in [0.15, 0.2) is 9.84 Å². The van der Waals surface area contributed by atoms with E-state index in [1.165, 1.54) is 5.41 Å². The van der Waals surface area contributed by atoms with Crippen LogP contribution in [0.1, 0.15) is 37.7 Å². The van der Waals surface area contributed by atoms with E-state index in [1.807, 2.05) is 19.1 Å². The lowest BCUT2D eigenvalue weighted by molar-refractivity contribution is -0.123. The Kier molecular flexibility index (Phi) is 5.02. The quantitative estimate of drug-likeness (QED) is 0.814. The number of hydrogen-bond donors (Lipinski definition) is 0. The van der Waals surface area contributed by atoms with Gasteiger partial charge < -0.3 is 4.90 Å². The van der Waals surface area contributed by atoms with Crippen molar-refractivity contribution in [1.82, 2.24) is 0 Å². The Morgan fingerprint density at radius 1 is 1.21 bits per heavy atom. The minimum Gasteiger partial charge on any atom is -0.304 e. The molecule has 1 fully saturated rings. The van der Waals surface area contributed by atoms with Crippen molar-refractivity contribution in [3.8, 4) is 0 Å². The van der Waals surface area contributed by atoms with E-state index in [4.69, 9.17) is 11.6 Å². The molecule has 1 amide bonds. The van der Waals surface area contributed by atoms with Crippen molar-refractivity contribution >= 4 is 33.0 Å². The molecule has 0 bridgehead atoms. The second-order valence-corrected chi connectivity index (χ2v) is 9.04. The summed E-state index contributed by atoms with van der Waals surface area (Å²) in [5.41, 5.74) is 1.60. The van der Waals surface area contributed by atoms with Crippen molar-refractivity contribution in [2.75, 3.05) is 10.7 Å². The zero-order valence-electron chi connectivity index (χ0n) is 13.7. The molecule has 0 unspecified atom stereocenters. The number of sulfone groups is 1. The van der Waals surface area contributed by atoms with Gasteiger partial charge in [0.2, 0.25) is 5.91 Å². The lowest BCUT2D eigenvalue weighted by atomic mass is 9.88. The van der Waals surface area contributed by atoms with Crippen molar-refractivity contribution in [3.05, 3.63) is 40.3 Å². The molecule has 0 aromatic heterocycles. The van der Waals surface area contributed by atoms with E-state index in [2.05, 4.69) is 0 Å². The summed E-state index contributed by atoms with van der Waals surface area (Å²) in [5.74, 6) is -0.0753. The van der Waals surface area contributed by atoms with Crippen molar-refractivity contribution in [2.24, 2.45) is 5.92 Å². The number of rotatable bonds is 3. The standard InChI is InChI=1S/C18H22ClNO3S/c1-13-7-8-15(11-17(13)19)20(16-9-10-24(22,23)12-16)18(21)14-5-3-2-4-6-14/h7-11,14,16H,2-6,12H2,1H3/t16-/m0/s1. The first kappa shape index (κ1) is 17.5. The summed E-state index contributed by atoms with van der Waals surface area (Å²) in [6.45, 7) is 1.90. The third-order valence-electron chi connectivity index (χ3n) is 4.87. The van der Waals surface area contributed by atoms with Crippen LogP contribution in [0.3, 0.4) is 0 Å². The number of halogens is 1. The first-order valence-electron chi connectivity index (χ1n) is 8.37. The Morgan fingerprint density at radius 3 is 2.50 bits per heavy atom. The van der Waals surface area contributed by atoms with E-state index < -0.39 is 15.9 Å². The van der Waals surface area contributed by atoms with E-state index >= 15 is 0 Å². The van der Waals surface area contributed by atoms with Gasteiger partial charge in [-0.05, 0) is 43.5 Å². The van der Waals surface area contributed by atoms with Gasteiger partial charge in [0.25, 0.3) is 0 Å². The largest absolute Gasteiger partial charge is 0.304 e. The summed E-state index contributed by atoms with van der Waals surface area (Å²) in [6, 6.07) is 5.02. The molecular formula is C18H22ClNO3S. The van der Waals surface area contributed by atoms with Crippen LogP contribution in [-0.2, 0) is 14.6 Å². The molecule has 4 nitrogen and oxygen atoms in total. The Labute approximate surface area is 148 Å². The molecule has 1 aliphatic carbocycles. The highest BCUT2D eigenvalue weighted by atomic mass is 35.5. The molecule has 6 heteroatoms. The van der Waals surface area contributed by atoms with E-state index in [-0.39, 0.29) is 17.6 Å². The van der Waals surface area contributed by atoms with Crippen LogP contribution in [0.2, 0.25) is 5.02 Å². The predicted octanol–water partition coefficient (Wildman–Crippen LogP) is 3.87. The molecule has 2 aliphatic rings. The van der Waals surface area contributed by atoms with Crippen LogP contribution in [0.4, 0.5) is 5.69 Å². The average molecular weight is 368 g/mol. The minimum atomic E-state index is -3.24. The van der Waals surface area contributed by atoms with Crippen LogP contribution in [0.5, 0.6) is 0 Å². The van der Waals surface area contributed by atoms with Crippen LogP contribution < -0.4 is 4.90 Å². The Bertz CT molecular complexity index is 766. The number of carbonyl (C=O) groups is 1. The Hall–Kier alpha value is -1.33. The third-order valence-corrected chi connectivity index (χ3v) is 6.65. The van der Waals surface area contributed by atoms with Gasteiger partial charge in [0.05, 0.1) is 11.8 Å². The number of carbonyl (C=O) groups excluding carboxylic acids is 1. The SMILES string of the molecule is Cc1ccc(N(C(=O)C2CCCCC2)[C@H]2C=CS(=O)(=O)C2)cc1Cl. The van der Waals surface area contributed by atoms with E-state index in [1.54, 1.807) is 17.0 Å². The fourth-order valence-corrected chi connectivity index (χ4v) is 4.92. The van der Waals surface area contributed by atoms with Crippen molar-refractivity contribution in [1.29, 1.82) is 0 Å². The summed E-state index contributed by atoms with van der Waals surface area (Å²) in [7, 11) is -3.24. The maximum atomic E-state index is 13.1. The second-order valence-electron chi connectivity index (χ2n) is 6.70. The van der Waals surface area contributed by atoms with Gasteiger partial charge in [-0.3, -0.25) is 4.79 Å². The zero-order valence-corrected chi connectivity index (χ0v) is 15.3. The van der Waals surface area contributed by atoms with Crippen LogP contribution in [-0.4, -0.2) is 26.1 Å². The van der Waals surface area contributed by atoms with Crippen LogP contribution >= 0.6 is 11.6 Å². The molecule has 3 rings (SSSR count). The first-order chi connectivity index (χ1) is 11.4. The van der Waals surface area contributed by atoms with Crippen LogP contribution in [0.25, 0.3) is 0 Å². The molecular weight excluding hydrogens is 346 g/mol. The highest BCUT2D eigenvalue weighted by Gasteiger charge is 2.35. The van der Waals surface area contributed by atoms with Crippen LogP contribution in [0.15, 0.2) is 29.7 Å². The van der Waals surface area contributed by atoms with E-state index in [9.17, 15) is 13.2 Å². The monoisotopic (exact) mass is 367 g/mol. The predicted molar refractivity (Wildman–Crippen MR) is 97.0 cm³/mol. The Morgan fingerprint density at radius 2 is 1.92 bits per heavy atom. The first-order valence-corrected chi connectivity index (χ1v) is 10.5. The lowest BCUT2D eigenvalue weighted by Gasteiger charge is -2.33. The fourth-order valence-electron chi connectivity index (χ4n) is 3.48.